The van der Waals surface area contributed by atoms with Crippen molar-refractivity contribution in [3.8, 4) is 11.3 Å². The standard InChI is InChI=1S/C11H7ClN4/c12-9-4-2-1-3-8(9)10-5-6-13-11-15-14-7-16(10)11/h1-7H. The fraction of sp³-hybridized carbons (Fsp3) is 0. The van der Waals surface area contributed by atoms with Crippen LogP contribution in [0.25, 0.3) is 17.0 Å². The predicted molar refractivity (Wildman–Crippen MR) is 61.2 cm³/mol. The van der Waals surface area contributed by atoms with Crippen LogP contribution in [0.5, 0.6) is 0 Å². The molecule has 0 spiro atoms. The first-order valence-corrected chi connectivity index (χ1v) is 5.14. The minimum atomic E-state index is 0.567. The van der Waals surface area contributed by atoms with E-state index in [0.29, 0.717) is 10.8 Å². The van der Waals surface area contributed by atoms with Gasteiger partial charge in [0.15, 0.2) is 0 Å². The van der Waals surface area contributed by atoms with E-state index in [1.165, 1.54) is 0 Å². The highest BCUT2D eigenvalue weighted by Crippen LogP contribution is 2.26. The maximum atomic E-state index is 6.15. The number of halogens is 1. The van der Waals surface area contributed by atoms with E-state index < -0.39 is 0 Å². The summed E-state index contributed by atoms with van der Waals surface area (Å²) < 4.78 is 1.81. The summed E-state index contributed by atoms with van der Waals surface area (Å²) in [5.41, 5.74) is 1.87. The number of fused-ring (bicyclic) bond motifs is 1. The zero-order valence-electron chi connectivity index (χ0n) is 8.21. The second kappa shape index (κ2) is 3.57. The van der Waals surface area contributed by atoms with E-state index in [4.69, 9.17) is 11.6 Å². The highest BCUT2D eigenvalue weighted by Gasteiger charge is 2.07. The Hall–Kier alpha value is -1.94. The lowest BCUT2D eigenvalue weighted by molar-refractivity contribution is 1.10. The summed E-state index contributed by atoms with van der Waals surface area (Å²) in [4.78, 5) is 4.10. The molecule has 5 heteroatoms. The van der Waals surface area contributed by atoms with Crippen LogP contribution in [0.3, 0.4) is 0 Å². The predicted octanol–water partition coefficient (Wildman–Crippen LogP) is 2.44. The number of hydrogen-bond acceptors (Lipinski definition) is 3. The first-order valence-electron chi connectivity index (χ1n) is 4.76. The molecule has 4 nitrogen and oxygen atoms in total. The average molecular weight is 231 g/mol. The monoisotopic (exact) mass is 230 g/mol. The minimum Gasteiger partial charge on any atom is -0.265 e. The van der Waals surface area contributed by atoms with Crippen LogP contribution in [-0.2, 0) is 0 Å². The first-order chi connectivity index (χ1) is 7.86. The molecule has 0 aliphatic carbocycles. The van der Waals surface area contributed by atoms with Crippen molar-refractivity contribution >= 4 is 17.4 Å². The normalized spacial score (nSPS) is 10.8. The smallest absolute Gasteiger partial charge is 0.255 e. The second-order valence-electron chi connectivity index (χ2n) is 3.31. The van der Waals surface area contributed by atoms with E-state index in [-0.39, 0.29) is 0 Å². The van der Waals surface area contributed by atoms with E-state index >= 15 is 0 Å². The lowest BCUT2D eigenvalue weighted by atomic mass is 10.1. The Labute approximate surface area is 96.5 Å². The number of nitrogens with zero attached hydrogens (tertiary/aromatic N) is 4. The van der Waals surface area contributed by atoms with Gasteiger partial charge in [0.05, 0.1) is 5.69 Å². The Balaban J connectivity index is 2.34. The van der Waals surface area contributed by atoms with Gasteiger partial charge in [-0.25, -0.2) is 4.98 Å². The van der Waals surface area contributed by atoms with E-state index in [9.17, 15) is 0 Å². The van der Waals surface area contributed by atoms with Gasteiger partial charge in [-0.3, -0.25) is 4.40 Å². The third kappa shape index (κ3) is 1.35. The molecule has 0 amide bonds. The van der Waals surface area contributed by atoms with Gasteiger partial charge in [-0.15, -0.1) is 10.2 Å². The van der Waals surface area contributed by atoms with E-state index in [0.717, 1.165) is 11.3 Å². The van der Waals surface area contributed by atoms with E-state index in [1.54, 1.807) is 16.9 Å². The summed E-state index contributed by atoms with van der Waals surface area (Å²) >= 11 is 6.15. The van der Waals surface area contributed by atoms with Crippen molar-refractivity contribution < 1.29 is 0 Å². The van der Waals surface area contributed by atoms with E-state index in [1.807, 2.05) is 30.3 Å². The molecule has 78 valence electrons. The number of rotatable bonds is 1. The maximum Gasteiger partial charge on any atom is 0.255 e. The van der Waals surface area contributed by atoms with Gasteiger partial charge in [0, 0.05) is 16.8 Å². The molecule has 0 atom stereocenters. The lowest BCUT2D eigenvalue weighted by Gasteiger charge is -2.05. The minimum absolute atomic E-state index is 0.567. The molecule has 0 radical (unpaired) electrons. The molecule has 3 rings (SSSR count). The summed E-state index contributed by atoms with van der Waals surface area (Å²) in [7, 11) is 0. The molecule has 0 aliphatic rings. The van der Waals surface area contributed by atoms with Crippen LogP contribution in [0.1, 0.15) is 0 Å². The lowest BCUT2D eigenvalue weighted by Crippen LogP contribution is -1.93. The van der Waals surface area contributed by atoms with Crippen LogP contribution in [0.15, 0.2) is 42.9 Å². The Kier molecular flexibility index (Phi) is 2.08. The van der Waals surface area contributed by atoms with Crippen LogP contribution in [0.4, 0.5) is 0 Å². The molecule has 1 aromatic carbocycles. The number of aromatic nitrogens is 4. The fourth-order valence-corrected chi connectivity index (χ4v) is 1.86. The summed E-state index contributed by atoms with van der Waals surface area (Å²) in [6.45, 7) is 0. The quantitative estimate of drug-likeness (QED) is 0.645. The zero-order chi connectivity index (χ0) is 11.0. The Morgan fingerprint density at radius 2 is 2.00 bits per heavy atom. The zero-order valence-corrected chi connectivity index (χ0v) is 8.96. The molecule has 0 bridgehead atoms. The van der Waals surface area contributed by atoms with Gasteiger partial charge in [-0.05, 0) is 12.1 Å². The summed E-state index contributed by atoms with van der Waals surface area (Å²) in [5, 5.41) is 8.42. The molecule has 0 N–H and O–H groups in total. The molecule has 0 aliphatic heterocycles. The van der Waals surface area contributed by atoms with Crippen molar-refractivity contribution in [1.82, 2.24) is 19.6 Å². The number of benzene rings is 1. The summed E-state index contributed by atoms with van der Waals surface area (Å²) in [5.74, 6) is 0.567. The first kappa shape index (κ1) is 9.30. The van der Waals surface area contributed by atoms with Crippen LogP contribution >= 0.6 is 11.6 Å². The van der Waals surface area contributed by atoms with Gasteiger partial charge >= 0.3 is 0 Å². The molecular weight excluding hydrogens is 224 g/mol. The molecule has 2 heterocycles. The fourth-order valence-electron chi connectivity index (χ4n) is 1.63. The molecule has 0 unspecified atom stereocenters. The van der Waals surface area contributed by atoms with Crippen LogP contribution < -0.4 is 0 Å². The Morgan fingerprint density at radius 1 is 1.12 bits per heavy atom. The molecule has 0 saturated carbocycles. The third-order valence-electron chi connectivity index (χ3n) is 2.36. The molecule has 3 aromatic rings. The Bertz CT molecular complexity index is 647. The third-order valence-corrected chi connectivity index (χ3v) is 2.69. The maximum absolute atomic E-state index is 6.15. The van der Waals surface area contributed by atoms with Crippen LogP contribution in [-0.4, -0.2) is 19.6 Å². The molecular formula is C11H7ClN4. The van der Waals surface area contributed by atoms with Crippen molar-refractivity contribution in [2.24, 2.45) is 0 Å². The SMILES string of the molecule is Clc1ccccc1-c1ccnc2nncn12. The summed E-state index contributed by atoms with van der Waals surface area (Å²) in [6, 6.07) is 9.54. The topological polar surface area (TPSA) is 43.1 Å². The van der Waals surface area contributed by atoms with Gasteiger partial charge in [0.2, 0.25) is 0 Å². The largest absolute Gasteiger partial charge is 0.265 e. The van der Waals surface area contributed by atoms with Crippen molar-refractivity contribution in [3.63, 3.8) is 0 Å². The summed E-state index contributed by atoms with van der Waals surface area (Å²) in [6.07, 6.45) is 3.32. The highest BCUT2D eigenvalue weighted by atomic mass is 35.5. The van der Waals surface area contributed by atoms with Gasteiger partial charge in [0.25, 0.3) is 5.78 Å². The van der Waals surface area contributed by atoms with Gasteiger partial charge in [-0.2, -0.15) is 0 Å². The molecule has 16 heavy (non-hydrogen) atoms. The van der Waals surface area contributed by atoms with Crippen molar-refractivity contribution in [1.29, 1.82) is 0 Å². The molecule has 2 aromatic heterocycles. The van der Waals surface area contributed by atoms with E-state index in [2.05, 4.69) is 15.2 Å². The molecule has 0 fully saturated rings. The molecule has 0 saturated heterocycles. The Morgan fingerprint density at radius 3 is 2.88 bits per heavy atom. The average Bonchev–Trinajstić information content (AvgIpc) is 2.77. The second-order valence-corrected chi connectivity index (χ2v) is 3.72. The van der Waals surface area contributed by atoms with Crippen LogP contribution in [0, 0.1) is 0 Å². The van der Waals surface area contributed by atoms with Gasteiger partial charge in [0.1, 0.15) is 6.33 Å². The van der Waals surface area contributed by atoms with Gasteiger partial charge < -0.3 is 0 Å². The van der Waals surface area contributed by atoms with Crippen molar-refractivity contribution in [3.05, 3.63) is 47.9 Å². The van der Waals surface area contributed by atoms with Crippen LogP contribution in [0.2, 0.25) is 5.02 Å². The van der Waals surface area contributed by atoms with Gasteiger partial charge in [-0.1, -0.05) is 29.8 Å². The van der Waals surface area contributed by atoms with Crippen molar-refractivity contribution in [2.45, 2.75) is 0 Å². The highest BCUT2D eigenvalue weighted by molar-refractivity contribution is 6.33. The van der Waals surface area contributed by atoms with Crippen molar-refractivity contribution in [2.75, 3.05) is 0 Å². The number of hydrogen-bond donors (Lipinski definition) is 0.